The molecule has 5 heteroatoms. The summed E-state index contributed by atoms with van der Waals surface area (Å²) in [6.07, 6.45) is 0. The van der Waals surface area contributed by atoms with Gasteiger partial charge in [-0.3, -0.25) is 4.79 Å². The third kappa shape index (κ3) is 4.62. The second-order valence-corrected chi connectivity index (χ2v) is 5.31. The highest BCUT2D eigenvalue weighted by atomic mass is 32.2. The maximum atomic E-state index is 13.0. The Kier molecular flexibility index (Phi) is 5.35. The highest BCUT2D eigenvalue weighted by Crippen LogP contribution is 2.16. The van der Waals surface area contributed by atoms with Gasteiger partial charge in [-0.1, -0.05) is 24.3 Å². The van der Waals surface area contributed by atoms with Crippen molar-refractivity contribution in [3.05, 3.63) is 65.5 Å². The zero-order chi connectivity index (χ0) is 15.1. The fourth-order valence-corrected chi connectivity index (χ4v) is 2.60. The molecule has 0 aromatic heterocycles. The van der Waals surface area contributed by atoms with Crippen LogP contribution in [-0.2, 0) is 10.5 Å². The summed E-state index contributed by atoms with van der Waals surface area (Å²) in [5.41, 5.74) is 1.97. The SMILES string of the molecule is N#Cc1ccccc1CSCC(=O)Nc1cccc(F)c1. The molecule has 0 bridgehead atoms. The highest BCUT2D eigenvalue weighted by molar-refractivity contribution is 7.99. The fraction of sp³-hybridized carbons (Fsp3) is 0.125. The molecule has 0 aliphatic carbocycles. The molecule has 0 heterocycles. The molecule has 2 aromatic rings. The molecule has 0 aliphatic rings. The highest BCUT2D eigenvalue weighted by Gasteiger charge is 2.05. The summed E-state index contributed by atoms with van der Waals surface area (Å²) in [6, 6.07) is 15.2. The Balaban J connectivity index is 1.83. The Labute approximate surface area is 126 Å². The van der Waals surface area contributed by atoms with Gasteiger partial charge in [0.15, 0.2) is 0 Å². The number of nitriles is 1. The Hall–Kier alpha value is -2.32. The maximum absolute atomic E-state index is 13.0. The van der Waals surface area contributed by atoms with Crippen LogP contribution in [0.25, 0.3) is 0 Å². The average Bonchev–Trinajstić information content (AvgIpc) is 2.47. The molecule has 21 heavy (non-hydrogen) atoms. The molecule has 1 N–H and O–H groups in total. The summed E-state index contributed by atoms with van der Waals surface area (Å²) in [5, 5.41) is 11.6. The molecule has 3 nitrogen and oxygen atoms in total. The van der Waals surface area contributed by atoms with Gasteiger partial charge >= 0.3 is 0 Å². The van der Waals surface area contributed by atoms with Gasteiger partial charge in [-0.25, -0.2) is 4.39 Å². The molecule has 2 aromatic carbocycles. The number of rotatable bonds is 5. The van der Waals surface area contributed by atoms with E-state index in [2.05, 4.69) is 11.4 Å². The largest absolute Gasteiger partial charge is 0.325 e. The van der Waals surface area contributed by atoms with Gasteiger partial charge in [0.1, 0.15) is 5.82 Å². The van der Waals surface area contributed by atoms with Crippen molar-refractivity contribution in [2.75, 3.05) is 11.1 Å². The maximum Gasteiger partial charge on any atom is 0.234 e. The lowest BCUT2D eigenvalue weighted by Gasteiger charge is -2.06. The van der Waals surface area contributed by atoms with Crippen LogP contribution in [0, 0.1) is 17.1 Å². The smallest absolute Gasteiger partial charge is 0.234 e. The Morgan fingerprint density at radius 3 is 2.81 bits per heavy atom. The Morgan fingerprint density at radius 2 is 2.05 bits per heavy atom. The van der Waals surface area contributed by atoms with Crippen LogP contribution in [0.2, 0.25) is 0 Å². The van der Waals surface area contributed by atoms with Crippen LogP contribution in [0.5, 0.6) is 0 Å². The minimum Gasteiger partial charge on any atom is -0.325 e. The minimum absolute atomic E-state index is 0.194. The molecule has 0 saturated heterocycles. The van der Waals surface area contributed by atoms with Crippen molar-refractivity contribution in [3.63, 3.8) is 0 Å². The summed E-state index contributed by atoms with van der Waals surface area (Å²) in [6.45, 7) is 0. The molecular weight excluding hydrogens is 287 g/mol. The lowest BCUT2D eigenvalue weighted by Crippen LogP contribution is -2.14. The standard InChI is InChI=1S/C16H13FN2OS/c17-14-6-3-7-15(8-14)19-16(20)11-21-10-13-5-2-1-4-12(13)9-18/h1-8H,10-11H2,(H,19,20). The van der Waals surface area contributed by atoms with Crippen molar-refractivity contribution < 1.29 is 9.18 Å². The number of nitrogens with one attached hydrogen (secondary N) is 1. The number of hydrogen-bond acceptors (Lipinski definition) is 3. The monoisotopic (exact) mass is 300 g/mol. The van der Waals surface area contributed by atoms with Crippen molar-refractivity contribution in [1.82, 2.24) is 0 Å². The van der Waals surface area contributed by atoms with Crippen LogP contribution in [0.1, 0.15) is 11.1 Å². The number of nitrogens with zero attached hydrogens (tertiary/aromatic N) is 1. The third-order valence-corrected chi connectivity index (χ3v) is 3.72. The van der Waals surface area contributed by atoms with Gasteiger partial charge < -0.3 is 5.32 Å². The quantitative estimate of drug-likeness (QED) is 0.918. The minimum atomic E-state index is -0.386. The zero-order valence-electron chi connectivity index (χ0n) is 11.2. The van der Waals surface area contributed by atoms with Gasteiger partial charge in [-0.15, -0.1) is 11.8 Å². The van der Waals surface area contributed by atoms with Crippen molar-refractivity contribution in [1.29, 1.82) is 5.26 Å². The number of carbonyl (C=O) groups is 1. The summed E-state index contributed by atoms with van der Waals surface area (Å²) >= 11 is 1.41. The topological polar surface area (TPSA) is 52.9 Å². The van der Waals surface area contributed by atoms with Crippen molar-refractivity contribution in [2.24, 2.45) is 0 Å². The number of anilines is 1. The van der Waals surface area contributed by atoms with E-state index in [1.54, 1.807) is 18.2 Å². The lowest BCUT2D eigenvalue weighted by molar-refractivity contribution is -0.113. The van der Waals surface area contributed by atoms with Crippen molar-refractivity contribution in [2.45, 2.75) is 5.75 Å². The summed E-state index contributed by atoms with van der Waals surface area (Å²) in [4.78, 5) is 11.7. The molecule has 0 aliphatic heterocycles. The molecule has 1 amide bonds. The van der Waals surface area contributed by atoms with Gasteiger partial charge in [0.2, 0.25) is 5.91 Å². The summed E-state index contributed by atoms with van der Waals surface area (Å²) < 4.78 is 13.0. The first-order valence-corrected chi connectivity index (χ1v) is 7.45. The first-order chi connectivity index (χ1) is 10.2. The molecule has 0 atom stereocenters. The van der Waals surface area contributed by atoms with Gasteiger partial charge in [-0.2, -0.15) is 5.26 Å². The van der Waals surface area contributed by atoms with E-state index < -0.39 is 0 Å². The number of benzene rings is 2. The first kappa shape index (κ1) is 15.1. The van der Waals surface area contributed by atoms with Crippen LogP contribution >= 0.6 is 11.8 Å². The second-order valence-electron chi connectivity index (χ2n) is 4.32. The van der Waals surface area contributed by atoms with Crippen LogP contribution in [0.3, 0.4) is 0 Å². The lowest BCUT2D eigenvalue weighted by atomic mass is 10.1. The number of hydrogen-bond donors (Lipinski definition) is 1. The normalized spacial score (nSPS) is 9.90. The Bertz CT molecular complexity index is 682. The molecular formula is C16H13FN2OS. The number of carbonyl (C=O) groups excluding carboxylic acids is 1. The number of amides is 1. The third-order valence-electron chi connectivity index (χ3n) is 2.74. The molecule has 0 radical (unpaired) electrons. The molecule has 0 spiro atoms. The molecule has 0 unspecified atom stereocenters. The van der Waals surface area contributed by atoms with Gasteiger partial charge in [-0.05, 0) is 29.8 Å². The summed E-state index contributed by atoms with van der Waals surface area (Å²) in [5.74, 6) is 0.250. The number of thioether (sulfide) groups is 1. The fourth-order valence-electron chi connectivity index (χ4n) is 1.77. The first-order valence-electron chi connectivity index (χ1n) is 6.30. The van der Waals surface area contributed by atoms with E-state index in [0.29, 0.717) is 17.0 Å². The molecule has 0 fully saturated rings. The zero-order valence-corrected chi connectivity index (χ0v) is 12.0. The second kappa shape index (κ2) is 7.46. The van der Waals surface area contributed by atoms with E-state index in [4.69, 9.17) is 5.26 Å². The van der Waals surface area contributed by atoms with Crippen molar-refractivity contribution in [3.8, 4) is 6.07 Å². The Morgan fingerprint density at radius 1 is 1.24 bits per heavy atom. The predicted molar refractivity (Wildman–Crippen MR) is 82.3 cm³/mol. The van der Waals surface area contributed by atoms with Crippen LogP contribution in [0.4, 0.5) is 10.1 Å². The van der Waals surface area contributed by atoms with E-state index in [1.165, 1.54) is 23.9 Å². The molecule has 106 valence electrons. The predicted octanol–water partition coefficient (Wildman–Crippen LogP) is 3.57. The van der Waals surface area contributed by atoms with E-state index >= 15 is 0 Å². The molecule has 0 saturated carbocycles. The van der Waals surface area contributed by atoms with Crippen LogP contribution in [0.15, 0.2) is 48.5 Å². The summed E-state index contributed by atoms with van der Waals surface area (Å²) in [7, 11) is 0. The van der Waals surface area contributed by atoms with Crippen molar-refractivity contribution >= 4 is 23.4 Å². The van der Waals surface area contributed by atoms with E-state index in [-0.39, 0.29) is 17.5 Å². The number of halogens is 1. The van der Waals surface area contributed by atoms with Gasteiger partial charge in [0.25, 0.3) is 0 Å². The average molecular weight is 300 g/mol. The van der Waals surface area contributed by atoms with E-state index in [0.717, 1.165) is 5.56 Å². The van der Waals surface area contributed by atoms with Crippen LogP contribution < -0.4 is 5.32 Å². The van der Waals surface area contributed by atoms with E-state index in [9.17, 15) is 9.18 Å². The van der Waals surface area contributed by atoms with Gasteiger partial charge in [0.05, 0.1) is 17.4 Å². The van der Waals surface area contributed by atoms with Crippen LogP contribution in [-0.4, -0.2) is 11.7 Å². The van der Waals surface area contributed by atoms with Gasteiger partial charge in [0, 0.05) is 11.4 Å². The van der Waals surface area contributed by atoms with E-state index in [1.807, 2.05) is 18.2 Å². The molecule has 2 rings (SSSR count).